The molecule has 25 heavy (non-hydrogen) atoms. The molecule has 11 heteroatoms. The molecule has 0 aliphatic heterocycles. The molecule has 0 saturated carbocycles. The summed E-state index contributed by atoms with van der Waals surface area (Å²) in [6.45, 7) is 0. The van der Waals surface area contributed by atoms with Gasteiger partial charge < -0.3 is 0 Å². The van der Waals surface area contributed by atoms with Crippen LogP contribution < -0.4 is 11.2 Å². The number of carbonyl (C=O) groups is 1. The van der Waals surface area contributed by atoms with Crippen LogP contribution in [0.2, 0.25) is 0 Å². The molecule has 0 spiro atoms. The molecule has 0 atom stereocenters. The van der Waals surface area contributed by atoms with Crippen molar-refractivity contribution in [3.63, 3.8) is 0 Å². The van der Waals surface area contributed by atoms with E-state index in [9.17, 15) is 27.6 Å². The molecule has 0 fully saturated rings. The zero-order chi connectivity index (χ0) is 18.5. The number of rotatable bonds is 2. The molecule has 0 unspecified atom stereocenters. The first-order chi connectivity index (χ1) is 11.6. The van der Waals surface area contributed by atoms with Gasteiger partial charge in [0.05, 0.1) is 10.4 Å². The third-order valence-electron chi connectivity index (χ3n) is 3.51. The lowest BCUT2D eigenvalue weighted by Gasteiger charge is -2.13. The third kappa shape index (κ3) is 2.87. The zero-order valence-electron chi connectivity index (χ0n) is 12.3. The van der Waals surface area contributed by atoms with Crippen LogP contribution in [-0.4, -0.2) is 18.8 Å². The smallest absolute Gasteiger partial charge is 0.292 e. The summed E-state index contributed by atoms with van der Waals surface area (Å²) in [5, 5.41) is -0.521. The molecule has 0 N–H and O–H groups in total. The van der Waals surface area contributed by atoms with Crippen LogP contribution >= 0.6 is 23.1 Å². The van der Waals surface area contributed by atoms with E-state index in [1.807, 2.05) is 0 Å². The minimum atomic E-state index is -4.84. The zero-order valence-corrected chi connectivity index (χ0v) is 13.9. The number of hydrogen-bond acceptors (Lipinski definition) is 5. The van der Waals surface area contributed by atoms with Gasteiger partial charge in [-0.05, 0) is 41.3 Å². The van der Waals surface area contributed by atoms with Gasteiger partial charge in [-0.25, -0.2) is 9.36 Å². The average molecular weight is 390 g/mol. The first kappa shape index (κ1) is 17.4. The van der Waals surface area contributed by atoms with Crippen molar-refractivity contribution in [2.24, 2.45) is 7.05 Å². The Morgan fingerprint density at radius 3 is 2.52 bits per heavy atom. The average Bonchev–Trinajstić information content (AvgIpc) is 2.93. The third-order valence-corrected chi connectivity index (χ3v) is 4.51. The highest BCUT2D eigenvalue weighted by atomic mass is 35.5. The van der Waals surface area contributed by atoms with Crippen LogP contribution in [-0.2, 0) is 13.2 Å². The molecule has 2 heterocycles. The van der Waals surface area contributed by atoms with E-state index in [0.29, 0.717) is 25.3 Å². The van der Waals surface area contributed by atoms with Gasteiger partial charge in [0.2, 0.25) is 0 Å². The van der Waals surface area contributed by atoms with E-state index in [1.165, 1.54) is 18.2 Å². The van der Waals surface area contributed by atoms with Crippen LogP contribution in [0, 0.1) is 0 Å². The predicted octanol–water partition coefficient (Wildman–Crippen LogP) is 2.54. The van der Waals surface area contributed by atoms with Crippen LogP contribution in [0.4, 0.5) is 13.2 Å². The number of alkyl halides is 3. The molecule has 6 nitrogen and oxygen atoms in total. The molecule has 3 rings (SSSR count). The van der Waals surface area contributed by atoms with Gasteiger partial charge >= 0.3 is 11.9 Å². The van der Waals surface area contributed by atoms with E-state index in [0.717, 1.165) is 18.6 Å². The van der Waals surface area contributed by atoms with Crippen molar-refractivity contribution in [1.82, 2.24) is 13.5 Å². The highest BCUT2D eigenvalue weighted by molar-refractivity contribution is 7.13. The Hall–Kier alpha value is -2.46. The molecule has 0 bridgehead atoms. The quantitative estimate of drug-likeness (QED) is 0.631. The second kappa shape index (κ2) is 5.81. The first-order valence-electron chi connectivity index (χ1n) is 6.61. The Morgan fingerprint density at radius 1 is 1.24 bits per heavy atom. The highest BCUT2D eigenvalue weighted by Gasteiger charge is 2.35. The Kier molecular flexibility index (Phi) is 4.04. The maximum atomic E-state index is 12.9. The number of nitrogens with zero attached hydrogens (tertiary/aromatic N) is 3. The maximum Gasteiger partial charge on any atom is 0.431 e. The largest absolute Gasteiger partial charge is 0.431 e. The molecule has 0 saturated heterocycles. The fraction of sp³-hybridized carbons (Fsp3) is 0.143. The van der Waals surface area contributed by atoms with E-state index in [1.54, 1.807) is 0 Å². The van der Waals surface area contributed by atoms with Gasteiger partial charge in [0.25, 0.3) is 10.8 Å². The van der Waals surface area contributed by atoms with Crippen molar-refractivity contribution < 1.29 is 18.0 Å². The fourth-order valence-corrected chi connectivity index (χ4v) is 3.29. The van der Waals surface area contributed by atoms with Crippen molar-refractivity contribution in [3.8, 4) is 5.69 Å². The van der Waals surface area contributed by atoms with Crippen molar-refractivity contribution in [2.45, 2.75) is 6.18 Å². The lowest BCUT2D eigenvalue weighted by Crippen LogP contribution is -2.40. The molecule has 1 aromatic carbocycles. The second-order valence-corrected chi connectivity index (χ2v) is 6.18. The van der Waals surface area contributed by atoms with Gasteiger partial charge in [0.1, 0.15) is 11.4 Å². The molecule has 0 radical (unpaired) electrons. The minimum Gasteiger partial charge on any atom is -0.292 e. The van der Waals surface area contributed by atoms with E-state index in [2.05, 4.69) is 4.37 Å². The lowest BCUT2D eigenvalue weighted by atomic mass is 10.2. The van der Waals surface area contributed by atoms with Gasteiger partial charge in [0.15, 0.2) is 0 Å². The van der Waals surface area contributed by atoms with Crippen LogP contribution in [0.15, 0.2) is 33.9 Å². The molecule has 0 amide bonds. The van der Waals surface area contributed by atoms with Crippen LogP contribution in [0.1, 0.15) is 16.2 Å². The normalized spacial score (nSPS) is 11.9. The Morgan fingerprint density at radius 2 is 1.92 bits per heavy atom. The van der Waals surface area contributed by atoms with Crippen LogP contribution in [0.3, 0.4) is 0 Å². The standard InChI is InChI=1S/C14H7ClF3N3O3S/c1-20-9(14(16,17)18)5-10(22)21(13(20)24)6-2-3-8-7(4-6)11(12(15)23)19-25-8/h2-5H,1H3. The predicted molar refractivity (Wildman–Crippen MR) is 85.6 cm³/mol. The van der Waals surface area contributed by atoms with E-state index in [-0.39, 0.29) is 11.4 Å². The Bertz CT molecular complexity index is 1130. The van der Waals surface area contributed by atoms with Crippen molar-refractivity contribution in [3.05, 3.63) is 56.5 Å². The number of halogens is 4. The summed E-state index contributed by atoms with van der Waals surface area (Å²) in [6, 6.07) is 4.52. The fourth-order valence-electron chi connectivity index (χ4n) is 2.34. The topological polar surface area (TPSA) is 74.0 Å². The Balaban J connectivity index is 2.31. The number of carbonyl (C=O) groups excluding carboxylic acids is 1. The summed E-state index contributed by atoms with van der Waals surface area (Å²) in [5.41, 5.74) is -3.71. The number of aromatic nitrogens is 3. The molecule has 2 aromatic heterocycles. The van der Waals surface area contributed by atoms with Crippen LogP contribution in [0.5, 0.6) is 0 Å². The molecule has 0 aliphatic rings. The number of hydrogen-bond donors (Lipinski definition) is 0. The molecule has 3 aromatic rings. The van der Waals surface area contributed by atoms with Gasteiger partial charge in [-0.1, -0.05) is 0 Å². The summed E-state index contributed by atoms with van der Waals surface area (Å²) >= 11 is 6.42. The van der Waals surface area contributed by atoms with E-state index in [4.69, 9.17) is 11.6 Å². The monoisotopic (exact) mass is 389 g/mol. The SMILES string of the molecule is Cn1c(C(F)(F)F)cc(=O)n(-c2ccc3snc(C(=O)Cl)c3c2)c1=O. The summed E-state index contributed by atoms with van der Waals surface area (Å²) in [7, 11) is 0.916. The van der Waals surface area contributed by atoms with E-state index < -0.39 is 28.4 Å². The van der Waals surface area contributed by atoms with Gasteiger partial charge in [-0.2, -0.15) is 17.5 Å². The first-order valence-corrected chi connectivity index (χ1v) is 7.76. The Labute approximate surface area is 145 Å². The van der Waals surface area contributed by atoms with Gasteiger partial charge in [-0.15, -0.1) is 0 Å². The summed E-state index contributed by atoms with van der Waals surface area (Å²) in [6.07, 6.45) is -4.84. The van der Waals surface area contributed by atoms with Gasteiger partial charge in [-0.3, -0.25) is 14.2 Å². The lowest BCUT2D eigenvalue weighted by molar-refractivity contribution is -0.144. The summed E-state index contributed by atoms with van der Waals surface area (Å²) in [4.78, 5) is 35.7. The molecular weight excluding hydrogens is 383 g/mol. The maximum absolute atomic E-state index is 12.9. The van der Waals surface area contributed by atoms with Crippen molar-refractivity contribution in [2.75, 3.05) is 0 Å². The van der Waals surface area contributed by atoms with Crippen LogP contribution in [0.25, 0.3) is 15.8 Å². The van der Waals surface area contributed by atoms with Crippen molar-refractivity contribution >= 4 is 38.5 Å². The second-order valence-electron chi connectivity index (χ2n) is 5.03. The van der Waals surface area contributed by atoms with Crippen molar-refractivity contribution in [1.29, 1.82) is 0 Å². The molecule has 130 valence electrons. The van der Waals surface area contributed by atoms with E-state index >= 15 is 0 Å². The summed E-state index contributed by atoms with van der Waals surface area (Å²) < 4.78 is 44.0. The number of benzene rings is 1. The minimum absolute atomic E-state index is 0.00573. The number of fused-ring (bicyclic) bond motifs is 1. The molecular formula is C14H7ClF3N3O3S. The van der Waals surface area contributed by atoms with Gasteiger partial charge in [0, 0.05) is 18.5 Å². The highest BCUT2D eigenvalue weighted by Crippen LogP contribution is 2.28. The summed E-state index contributed by atoms with van der Waals surface area (Å²) in [5.74, 6) is 0. The molecule has 0 aliphatic carbocycles.